The van der Waals surface area contributed by atoms with E-state index >= 15 is 0 Å². The quantitative estimate of drug-likeness (QED) is 0.732. The summed E-state index contributed by atoms with van der Waals surface area (Å²) >= 11 is 0. The molecule has 144 valence electrons. The first-order chi connectivity index (χ1) is 13.6. The molecule has 28 heavy (non-hydrogen) atoms. The van der Waals surface area contributed by atoms with Gasteiger partial charge in [-0.1, -0.05) is 48.5 Å². The Balaban J connectivity index is 1.53. The molecule has 0 atom stereocenters. The molecule has 0 unspecified atom stereocenters. The zero-order valence-corrected chi connectivity index (χ0v) is 15.9. The molecule has 0 saturated heterocycles. The summed E-state index contributed by atoms with van der Waals surface area (Å²) in [7, 11) is 1.59. The number of nitrogens with one attached hydrogen (secondary N) is 1. The molecule has 1 aliphatic rings. The molecule has 1 aliphatic carbocycles. The molecule has 0 bridgehead atoms. The molecular weight excluding hydrogens is 352 g/mol. The minimum absolute atomic E-state index is 0.0506. The highest BCUT2D eigenvalue weighted by molar-refractivity contribution is 6.08. The number of hydrogen-bond acceptors (Lipinski definition) is 3. The first kappa shape index (κ1) is 18.3. The number of benzene rings is 2. The SMILES string of the molecule is Cn1c(=O)c(O)c(C(=O)NC2CCC(c3ccccc3)CC2)c2ccccc21. The van der Waals surface area contributed by atoms with Crippen molar-refractivity contribution in [1.82, 2.24) is 9.88 Å². The van der Waals surface area contributed by atoms with Gasteiger partial charge in [0.1, 0.15) is 0 Å². The molecule has 4 rings (SSSR count). The highest BCUT2D eigenvalue weighted by Gasteiger charge is 2.26. The van der Waals surface area contributed by atoms with Crippen molar-refractivity contribution >= 4 is 16.8 Å². The fraction of sp³-hybridized carbons (Fsp3) is 0.304. The van der Waals surface area contributed by atoms with Crippen molar-refractivity contribution in [3.63, 3.8) is 0 Å². The third kappa shape index (κ3) is 3.28. The summed E-state index contributed by atoms with van der Waals surface area (Å²) in [5.41, 5.74) is 1.49. The molecule has 3 aromatic rings. The van der Waals surface area contributed by atoms with Gasteiger partial charge in [-0.15, -0.1) is 0 Å². The molecule has 1 saturated carbocycles. The van der Waals surface area contributed by atoms with Crippen LogP contribution in [-0.4, -0.2) is 21.6 Å². The Bertz CT molecular complexity index is 1060. The van der Waals surface area contributed by atoms with Gasteiger partial charge in [0.05, 0.1) is 11.1 Å². The lowest BCUT2D eigenvalue weighted by Gasteiger charge is -2.29. The molecule has 1 amide bonds. The second-order valence-corrected chi connectivity index (χ2v) is 7.54. The van der Waals surface area contributed by atoms with Crippen LogP contribution in [0.4, 0.5) is 0 Å². The van der Waals surface area contributed by atoms with E-state index in [1.165, 1.54) is 10.1 Å². The normalized spacial score (nSPS) is 19.5. The van der Waals surface area contributed by atoms with E-state index in [0.717, 1.165) is 25.7 Å². The first-order valence-electron chi connectivity index (χ1n) is 9.72. The Labute approximate surface area is 163 Å². The van der Waals surface area contributed by atoms with E-state index in [4.69, 9.17) is 0 Å². The Kier molecular flexibility index (Phi) is 4.90. The summed E-state index contributed by atoms with van der Waals surface area (Å²) in [5.74, 6) is -0.348. The van der Waals surface area contributed by atoms with E-state index in [-0.39, 0.29) is 17.5 Å². The standard InChI is InChI=1S/C23H24N2O3/c1-25-19-10-6-5-9-18(19)20(21(26)23(25)28)22(27)24-17-13-11-16(12-14-17)15-7-3-2-4-8-15/h2-10,16-17,26H,11-14H2,1H3,(H,24,27). The number of aryl methyl sites for hydroxylation is 1. The Morgan fingerprint density at radius 3 is 2.36 bits per heavy atom. The van der Waals surface area contributed by atoms with Gasteiger partial charge in [0.25, 0.3) is 11.5 Å². The van der Waals surface area contributed by atoms with Crippen molar-refractivity contribution in [2.24, 2.45) is 7.05 Å². The van der Waals surface area contributed by atoms with Gasteiger partial charge in [-0.05, 0) is 43.2 Å². The number of hydrogen-bond donors (Lipinski definition) is 2. The van der Waals surface area contributed by atoms with Crippen LogP contribution in [0.15, 0.2) is 59.4 Å². The Morgan fingerprint density at radius 1 is 1.00 bits per heavy atom. The summed E-state index contributed by atoms with van der Waals surface area (Å²) in [5, 5.41) is 14.0. The minimum atomic E-state index is -0.559. The van der Waals surface area contributed by atoms with Crippen LogP contribution in [0.25, 0.3) is 10.9 Å². The average molecular weight is 376 g/mol. The van der Waals surface area contributed by atoms with E-state index in [1.807, 2.05) is 12.1 Å². The summed E-state index contributed by atoms with van der Waals surface area (Å²) < 4.78 is 1.37. The van der Waals surface area contributed by atoms with Crippen molar-refractivity contribution in [2.75, 3.05) is 0 Å². The van der Waals surface area contributed by atoms with Crippen LogP contribution in [0.5, 0.6) is 5.75 Å². The lowest BCUT2D eigenvalue weighted by atomic mass is 9.81. The first-order valence-corrected chi connectivity index (χ1v) is 9.72. The van der Waals surface area contributed by atoms with Crippen molar-refractivity contribution in [3.05, 3.63) is 76.1 Å². The fourth-order valence-electron chi connectivity index (χ4n) is 4.26. The number of pyridine rings is 1. The van der Waals surface area contributed by atoms with Crippen molar-refractivity contribution in [3.8, 4) is 5.75 Å². The maximum atomic E-state index is 12.9. The van der Waals surface area contributed by atoms with Gasteiger partial charge in [-0.2, -0.15) is 0 Å². The van der Waals surface area contributed by atoms with E-state index in [2.05, 4.69) is 29.6 Å². The number of fused-ring (bicyclic) bond motifs is 1. The van der Waals surface area contributed by atoms with Gasteiger partial charge in [-0.3, -0.25) is 9.59 Å². The van der Waals surface area contributed by atoms with Crippen LogP contribution >= 0.6 is 0 Å². The second-order valence-electron chi connectivity index (χ2n) is 7.54. The van der Waals surface area contributed by atoms with Gasteiger partial charge >= 0.3 is 0 Å². The highest BCUT2D eigenvalue weighted by atomic mass is 16.3. The number of rotatable bonds is 3. The van der Waals surface area contributed by atoms with Crippen molar-refractivity contribution < 1.29 is 9.90 Å². The number of carbonyl (C=O) groups excluding carboxylic acids is 1. The topological polar surface area (TPSA) is 71.3 Å². The maximum absolute atomic E-state index is 12.9. The van der Waals surface area contributed by atoms with Gasteiger partial charge in [0.15, 0.2) is 5.75 Å². The molecule has 2 aromatic carbocycles. The molecule has 1 heterocycles. The summed E-state index contributed by atoms with van der Waals surface area (Å²) in [6.07, 6.45) is 3.79. The Hall–Kier alpha value is -3.08. The van der Waals surface area contributed by atoms with E-state index < -0.39 is 11.3 Å². The predicted molar refractivity (Wildman–Crippen MR) is 110 cm³/mol. The van der Waals surface area contributed by atoms with Crippen molar-refractivity contribution in [2.45, 2.75) is 37.6 Å². The van der Waals surface area contributed by atoms with E-state index in [9.17, 15) is 14.7 Å². The predicted octanol–water partition coefficient (Wildman–Crippen LogP) is 3.70. The maximum Gasteiger partial charge on any atom is 0.293 e. The molecule has 5 heteroatoms. The monoisotopic (exact) mass is 376 g/mol. The van der Waals surface area contributed by atoms with Crippen LogP contribution in [0.3, 0.4) is 0 Å². The third-order valence-corrected chi connectivity index (χ3v) is 5.84. The molecule has 1 aromatic heterocycles. The lowest BCUT2D eigenvalue weighted by molar-refractivity contribution is 0.0924. The fourth-order valence-corrected chi connectivity index (χ4v) is 4.26. The summed E-state index contributed by atoms with van der Waals surface area (Å²) in [4.78, 5) is 25.3. The lowest BCUT2D eigenvalue weighted by Crippen LogP contribution is -2.38. The summed E-state index contributed by atoms with van der Waals surface area (Å²) in [6.45, 7) is 0. The van der Waals surface area contributed by atoms with Crippen LogP contribution in [0.1, 0.15) is 47.5 Å². The molecule has 1 fully saturated rings. The van der Waals surface area contributed by atoms with E-state index in [1.54, 1.807) is 25.2 Å². The molecule has 5 nitrogen and oxygen atoms in total. The van der Waals surface area contributed by atoms with Crippen LogP contribution in [0, 0.1) is 0 Å². The van der Waals surface area contributed by atoms with E-state index in [0.29, 0.717) is 16.8 Å². The molecule has 2 N–H and O–H groups in total. The number of aromatic hydroxyl groups is 1. The number of aromatic nitrogens is 1. The van der Waals surface area contributed by atoms with Crippen molar-refractivity contribution in [1.29, 1.82) is 0 Å². The van der Waals surface area contributed by atoms with Crippen LogP contribution in [0.2, 0.25) is 0 Å². The van der Waals surface area contributed by atoms with Gasteiger partial charge in [-0.25, -0.2) is 0 Å². The molecule has 0 radical (unpaired) electrons. The summed E-state index contributed by atoms with van der Waals surface area (Å²) in [6, 6.07) is 17.7. The molecule has 0 spiro atoms. The Morgan fingerprint density at radius 2 is 1.64 bits per heavy atom. The number of amides is 1. The van der Waals surface area contributed by atoms with Gasteiger partial charge in [0.2, 0.25) is 0 Å². The zero-order valence-electron chi connectivity index (χ0n) is 15.9. The number of para-hydroxylation sites is 1. The zero-order chi connectivity index (χ0) is 19.7. The van der Waals surface area contributed by atoms with Crippen LogP contribution in [-0.2, 0) is 7.05 Å². The van der Waals surface area contributed by atoms with Gasteiger partial charge in [0, 0.05) is 18.5 Å². The third-order valence-electron chi connectivity index (χ3n) is 5.84. The average Bonchev–Trinajstić information content (AvgIpc) is 2.73. The van der Waals surface area contributed by atoms with Gasteiger partial charge < -0.3 is 15.0 Å². The largest absolute Gasteiger partial charge is 0.502 e. The minimum Gasteiger partial charge on any atom is -0.502 e. The smallest absolute Gasteiger partial charge is 0.293 e. The molecular formula is C23H24N2O3. The molecule has 0 aliphatic heterocycles. The van der Waals surface area contributed by atoms with Crippen LogP contribution < -0.4 is 10.9 Å². The highest BCUT2D eigenvalue weighted by Crippen LogP contribution is 2.33. The number of nitrogens with zero attached hydrogens (tertiary/aromatic N) is 1. The second kappa shape index (κ2) is 7.50. The number of carbonyl (C=O) groups is 1.